The van der Waals surface area contributed by atoms with Crippen molar-refractivity contribution >= 4 is 17.5 Å². The van der Waals surface area contributed by atoms with Crippen LogP contribution in [0.1, 0.15) is 24.1 Å². The number of alkyl halides is 3. The topological polar surface area (TPSA) is 75.4 Å². The lowest BCUT2D eigenvalue weighted by Crippen LogP contribution is -2.43. The van der Waals surface area contributed by atoms with Crippen molar-refractivity contribution in [2.24, 2.45) is 5.92 Å². The number of carbonyl (C=O) groups excluding carboxylic acids is 1. The number of hydrogen-bond donors (Lipinski definition) is 1. The van der Waals surface area contributed by atoms with E-state index in [0.29, 0.717) is 37.7 Å². The van der Waals surface area contributed by atoms with E-state index >= 15 is 0 Å². The first-order chi connectivity index (χ1) is 13.9. The molecule has 29 heavy (non-hydrogen) atoms. The highest BCUT2D eigenvalue weighted by atomic mass is 19.4. The number of aromatic nitrogens is 4. The van der Waals surface area contributed by atoms with Gasteiger partial charge in [-0.2, -0.15) is 13.2 Å². The summed E-state index contributed by atoms with van der Waals surface area (Å²) < 4.78 is 40.5. The molecule has 1 amide bonds. The van der Waals surface area contributed by atoms with Gasteiger partial charge >= 0.3 is 6.18 Å². The van der Waals surface area contributed by atoms with E-state index in [2.05, 4.69) is 20.5 Å². The second-order valence-electron chi connectivity index (χ2n) is 6.97. The van der Waals surface area contributed by atoms with Crippen LogP contribution in [0, 0.1) is 5.92 Å². The number of piperidine rings is 1. The van der Waals surface area contributed by atoms with Gasteiger partial charge in [0.2, 0.25) is 11.9 Å². The molecule has 4 rings (SSSR count). The van der Waals surface area contributed by atoms with Crippen LogP contribution < -0.4 is 10.2 Å². The van der Waals surface area contributed by atoms with E-state index in [1.807, 2.05) is 17.0 Å². The molecule has 1 aliphatic heterocycles. The van der Waals surface area contributed by atoms with Crippen LogP contribution in [-0.4, -0.2) is 38.6 Å². The second-order valence-corrected chi connectivity index (χ2v) is 6.97. The third-order valence-electron chi connectivity index (χ3n) is 4.96. The van der Waals surface area contributed by atoms with Gasteiger partial charge in [0.05, 0.1) is 23.7 Å². The molecule has 152 valence electrons. The Morgan fingerprint density at radius 2 is 2.07 bits per heavy atom. The van der Waals surface area contributed by atoms with Crippen LogP contribution in [0.5, 0.6) is 0 Å². The molecule has 10 heteroatoms. The van der Waals surface area contributed by atoms with Gasteiger partial charge in [-0.1, -0.05) is 6.07 Å². The van der Waals surface area contributed by atoms with E-state index in [1.54, 1.807) is 12.3 Å². The Morgan fingerprint density at radius 1 is 1.21 bits per heavy atom. The van der Waals surface area contributed by atoms with Gasteiger partial charge in [0, 0.05) is 25.5 Å². The van der Waals surface area contributed by atoms with Crippen LogP contribution >= 0.6 is 0 Å². The van der Waals surface area contributed by atoms with Crippen LogP contribution in [0.25, 0.3) is 5.65 Å². The van der Waals surface area contributed by atoms with E-state index in [-0.39, 0.29) is 11.8 Å². The molecule has 4 heterocycles. The van der Waals surface area contributed by atoms with E-state index in [4.69, 9.17) is 0 Å². The maximum Gasteiger partial charge on any atom is 0.417 e. The SMILES string of the molecule is O=C(NCc1ccccn1)C1CCCN(c2nnc3ccc(C(F)(F)F)cn23)C1. The number of nitrogens with one attached hydrogen (secondary N) is 1. The third kappa shape index (κ3) is 4.15. The lowest BCUT2D eigenvalue weighted by atomic mass is 9.97. The molecule has 0 aliphatic carbocycles. The highest BCUT2D eigenvalue weighted by Crippen LogP contribution is 2.30. The van der Waals surface area contributed by atoms with Crippen LogP contribution in [0.2, 0.25) is 0 Å². The van der Waals surface area contributed by atoms with Crippen LogP contribution in [0.15, 0.2) is 42.7 Å². The number of carbonyl (C=O) groups is 1. The molecule has 3 aromatic heterocycles. The van der Waals surface area contributed by atoms with Gasteiger partial charge in [-0.25, -0.2) is 0 Å². The zero-order valence-electron chi connectivity index (χ0n) is 15.4. The summed E-state index contributed by atoms with van der Waals surface area (Å²) in [7, 11) is 0. The smallest absolute Gasteiger partial charge is 0.350 e. The van der Waals surface area contributed by atoms with Crippen LogP contribution in [0.3, 0.4) is 0 Å². The first kappa shape index (κ1) is 19.2. The van der Waals surface area contributed by atoms with Crippen LogP contribution in [0.4, 0.5) is 19.1 Å². The zero-order chi connectivity index (χ0) is 20.4. The predicted molar refractivity (Wildman–Crippen MR) is 99.0 cm³/mol. The maximum absolute atomic E-state index is 13.1. The number of anilines is 1. The van der Waals surface area contributed by atoms with Gasteiger partial charge in [-0.15, -0.1) is 10.2 Å². The van der Waals surface area contributed by atoms with Gasteiger partial charge in [-0.05, 0) is 37.1 Å². The number of hydrogen-bond acceptors (Lipinski definition) is 5. The number of fused-ring (bicyclic) bond motifs is 1. The summed E-state index contributed by atoms with van der Waals surface area (Å²) in [6, 6.07) is 7.76. The lowest BCUT2D eigenvalue weighted by molar-refractivity contribution is -0.137. The number of halogens is 3. The fraction of sp³-hybridized carbons (Fsp3) is 0.368. The summed E-state index contributed by atoms with van der Waals surface area (Å²) in [6.07, 6.45) is -0.360. The summed E-state index contributed by atoms with van der Waals surface area (Å²) in [6.45, 7) is 1.30. The van der Waals surface area contributed by atoms with Crippen molar-refractivity contribution in [1.29, 1.82) is 0 Å². The van der Waals surface area contributed by atoms with E-state index in [0.717, 1.165) is 24.4 Å². The van der Waals surface area contributed by atoms with Crippen molar-refractivity contribution in [3.63, 3.8) is 0 Å². The van der Waals surface area contributed by atoms with Crippen molar-refractivity contribution in [1.82, 2.24) is 24.9 Å². The summed E-state index contributed by atoms with van der Waals surface area (Å²) in [5, 5.41) is 10.9. The largest absolute Gasteiger partial charge is 0.417 e. The van der Waals surface area contributed by atoms with Crippen molar-refractivity contribution in [2.75, 3.05) is 18.0 Å². The molecule has 0 saturated carbocycles. The molecule has 1 fully saturated rings. The van der Waals surface area contributed by atoms with Gasteiger partial charge in [0.25, 0.3) is 0 Å². The Balaban J connectivity index is 1.49. The first-order valence-electron chi connectivity index (χ1n) is 9.26. The monoisotopic (exact) mass is 404 g/mol. The van der Waals surface area contributed by atoms with Gasteiger partial charge in [0.1, 0.15) is 0 Å². The number of rotatable bonds is 4. The Bertz CT molecular complexity index is 1000. The van der Waals surface area contributed by atoms with Crippen molar-refractivity contribution < 1.29 is 18.0 Å². The highest BCUT2D eigenvalue weighted by molar-refractivity contribution is 5.79. The molecular formula is C19H19F3N6O. The number of pyridine rings is 2. The summed E-state index contributed by atoms with van der Waals surface area (Å²) in [5.74, 6) is -0.0795. The number of nitrogens with zero attached hydrogens (tertiary/aromatic N) is 5. The average Bonchev–Trinajstić information content (AvgIpc) is 3.15. The lowest BCUT2D eigenvalue weighted by Gasteiger charge is -2.32. The maximum atomic E-state index is 13.1. The Kier molecular flexibility index (Phi) is 5.08. The molecule has 0 radical (unpaired) electrons. The molecular weight excluding hydrogens is 385 g/mol. The minimum atomic E-state index is -4.45. The van der Waals surface area contributed by atoms with E-state index in [1.165, 1.54) is 10.5 Å². The van der Waals surface area contributed by atoms with Crippen LogP contribution in [-0.2, 0) is 17.5 Å². The summed E-state index contributed by atoms with van der Waals surface area (Å²) in [4.78, 5) is 18.6. The minimum absolute atomic E-state index is 0.106. The van der Waals surface area contributed by atoms with Gasteiger partial charge < -0.3 is 10.2 Å². The molecule has 3 aromatic rings. The van der Waals surface area contributed by atoms with Gasteiger partial charge in [-0.3, -0.25) is 14.2 Å². The molecule has 1 N–H and O–H groups in total. The fourth-order valence-electron chi connectivity index (χ4n) is 3.46. The third-order valence-corrected chi connectivity index (χ3v) is 4.96. The molecule has 1 unspecified atom stereocenters. The van der Waals surface area contributed by atoms with Crippen molar-refractivity contribution in [2.45, 2.75) is 25.6 Å². The quantitative estimate of drug-likeness (QED) is 0.724. The summed E-state index contributed by atoms with van der Waals surface area (Å²) >= 11 is 0. The molecule has 1 aliphatic rings. The predicted octanol–water partition coefficient (Wildman–Crippen LogP) is 2.68. The molecule has 1 atom stereocenters. The standard InChI is InChI=1S/C19H19F3N6O/c20-19(21,22)14-6-7-16-25-26-18(28(16)12-14)27-9-3-4-13(11-27)17(29)24-10-15-5-1-2-8-23-15/h1-2,5-8,12-13H,3-4,9-11H2,(H,24,29). The second kappa shape index (κ2) is 7.69. The molecule has 0 spiro atoms. The minimum Gasteiger partial charge on any atom is -0.350 e. The molecule has 7 nitrogen and oxygen atoms in total. The Morgan fingerprint density at radius 3 is 2.83 bits per heavy atom. The normalized spacial score (nSPS) is 17.5. The zero-order valence-corrected chi connectivity index (χ0v) is 15.4. The van der Waals surface area contributed by atoms with E-state index < -0.39 is 11.7 Å². The average molecular weight is 404 g/mol. The fourth-order valence-corrected chi connectivity index (χ4v) is 3.46. The summed E-state index contributed by atoms with van der Waals surface area (Å²) in [5.41, 5.74) is 0.319. The number of amides is 1. The Labute approximate surface area is 164 Å². The first-order valence-corrected chi connectivity index (χ1v) is 9.26. The molecule has 0 aromatic carbocycles. The van der Waals surface area contributed by atoms with Gasteiger partial charge in [0.15, 0.2) is 5.65 Å². The highest BCUT2D eigenvalue weighted by Gasteiger charge is 2.32. The van der Waals surface area contributed by atoms with E-state index in [9.17, 15) is 18.0 Å². The van der Waals surface area contributed by atoms with Crippen molar-refractivity contribution in [3.8, 4) is 0 Å². The molecule has 0 bridgehead atoms. The van der Waals surface area contributed by atoms with Crippen molar-refractivity contribution in [3.05, 3.63) is 54.0 Å². The Hall–Kier alpha value is -3.17. The molecule has 1 saturated heterocycles.